The number of terminal acetylenes is 1. The molecule has 14 heteroatoms. The molecule has 0 aliphatic rings. The summed E-state index contributed by atoms with van der Waals surface area (Å²) in [6.07, 6.45) is 9.12. The van der Waals surface area contributed by atoms with E-state index < -0.39 is 63.8 Å². The van der Waals surface area contributed by atoms with E-state index in [1.807, 2.05) is 55.4 Å². The molecule has 0 aliphatic heterocycles. The molecule has 0 spiro atoms. The van der Waals surface area contributed by atoms with Crippen LogP contribution in [0.15, 0.2) is 0 Å². The molecule has 0 atom stereocenters. The number of hydrogen-bond acceptors (Lipinski definition) is 7. The van der Waals surface area contributed by atoms with Crippen LogP contribution in [0, 0.1) is 12.8 Å². The first-order chi connectivity index (χ1) is 18.0. The third-order valence-electron chi connectivity index (χ3n) is 4.41. The third kappa shape index (κ3) is 24.6. The predicted molar refractivity (Wildman–Crippen MR) is 187 cm³/mol. The number of hydrogen-bond donors (Lipinski definition) is 0. The van der Waals surface area contributed by atoms with Crippen molar-refractivity contribution in [2.75, 3.05) is 13.2 Å². The van der Waals surface area contributed by atoms with Gasteiger partial charge >= 0.3 is 17.9 Å². The Morgan fingerprint density at radius 1 is 0.553 bits per heavy atom. The fourth-order valence-corrected chi connectivity index (χ4v) is 27.0. The quantitative estimate of drug-likeness (QED) is 0.123. The lowest BCUT2D eigenvalue weighted by atomic mass is 10.6. The lowest BCUT2D eigenvalue weighted by Crippen LogP contribution is -2.58. The summed E-state index contributed by atoms with van der Waals surface area (Å²) in [5.74, 6) is 0. The highest BCUT2D eigenvalue weighted by atomic mass is 28.5. The molecule has 234 valence electrons. The molecule has 0 unspecified atom stereocenters. The molecule has 0 fully saturated rings. The van der Waals surface area contributed by atoms with Crippen molar-refractivity contribution in [3.63, 3.8) is 0 Å². The Kier molecular flexibility index (Phi) is 39.3. The molecular weight excluding hydrogens is 597 g/mol. The van der Waals surface area contributed by atoms with E-state index in [-0.39, 0.29) is 0 Å². The first-order valence-electron chi connectivity index (χ1n) is 14.9. The topological polar surface area (TPSA) is 64.6 Å². The number of rotatable bonds is 19. The van der Waals surface area contributed by atoms with E-state index in [9.17, 15) is 0 Å². The highest BCUT2D eigenvalue weighted by Gasteiger charge is 2.51. The minimum Gasteiger partial charge on any atom is -0.416 e. The maximum atomic E-state index is 6.75. The standard InChI is InChI=1S/C16H48O7Si7.3C2H6.C2H2/c1-11-14-27(7,8)22-29(17-12-2,18-13-3)16-15-28(9,10)23-30(19-24-4,20-25-5)21-26-6;4*1-2/h11-16,24-26H2,1-10H3;3*1-2H3;1-2H. The van der Waals surface area contributed by atoms with E-state index in [2.05, 4.69) is 65.6 Å². The third-order valence-corrected chi connectivity index (χ3v) is 24.8. The molecule has 0 radical (unpaired) electrons. The zero-order valence-corrected chi connectivity index (χ0v) is 36.6. The molecule has 0 rings (SSSR count). The molecular formula is C24H68O7Si7. The van der Waals surface area contributed by atoms with E-state index in [1.165, 1.54) is 0 Å². The van der Waals surface area contributed by atoms with Gasteiger partial charge in [0.1, 0.15) is 0 Å². The second-order valence-electron chi connectivity index (χ2n) is 8.32. The van der Waals surface area contributed by atoms with Gasteiger partial charge in [-0.25, -0.2) is 0 Å². The predicted octanol–water partition coefficient (Wildman–Crippen LogP) is 6.06. The van der Waals surface area contributed by atoms with Crippen molar-refractivity contribution in [1.82, 2.24) is 0 Å². The molecule has 0 aromatic heterocycles. The van der Waals surface area contributed by atoms with Crippen molar-refractivity contribution >= 4 is 63.8 Å². The van der Waals surface area contributed by atoms with Crippen molar-refractivity contribution in [2.24, 2.45) is 0 Å². The van der Waals surface area contributed by atoms with Crippen LogP contribution in [0.4, 0.5) is 0 Å². The van der Waals surface area contributed by atoms with Gasteiger partial charge < -0.3 is 29.4 Å². The Balaban J connectivity index is -0.000000411. The molecule has 0 aromatic carbocycles. The maximum Gasteiger partial charge on any atom is 0.635 e. The van der Waals surface area contributed by atoms with Gasteiger partial charge in [-0.05, 0) is 52.1 Å². The lowest BCUT2D eigenvalue weighted by Gasteiger charge is -2.39. The Bertz CT molecular complexity index is 477. The van der Waals surface area contributed by atoms with Crippen LogP contribution >= 0.6 is 0 Å². The summed E-state index contributed by atoms with van der Waals surface area (Å²) in [5.41, 5.74) is 0. The van der Waals surface area contributed by atoms with E-state index >= 15 is 0 Å². The molecule has 0 N–H and O–H groups in total. The Labute approximate surface area is 251 Å². The summed E-state index contributed by atoms with van der Waals surface area (Å²) in [7, 11) is -11.8. The van der Waals surface area contributed by atoms with Crippen LogP contribution in [0.5, 0.6) is 0 Å². The van der Waals surface area contributed by atoms with Crippen molar-refractivity contribution < 1.29 is 29.4 Å². The minimum atomic E-state index is -2.98. The van der Waals surface area contributed by atoms with Gasteiger partial charge in [-0.1, -0.05) is 74.5 Å². The minimum absolute atomic E-state index is 0.601. The second-order valence-corrected chi connectivity index (χ2v) is 26.6. The van der Waals surface area contributed by atoms with Gasteiger partial charge in [-0.15, -0.1) is 12.8 Å². The zero-order chi connectivity index (χ0) is 31.3. The summed E-state index contributed by atoms with van der Waals surface area (Å²) >= 11 is 0. The summed E-state index contributed by atoms with van der Waals surface area (Å²) in [4.78, 5) is 0. The first kappa shape index (κ1) is 48.5. The van der Waals surface area contributed by atoms with E-state index in [0.29, 0.717) is 13.2 Å². The normalized spacial score (nSPS) is 13.6. The molecule has 0 bridgehead atoms. The van der Waals surface area contributed by atoms with E-state index in [4.69, 9.17) is 29.4 Å². The van der Waals surface area contributed by atoms with Crippen LogP contribution in [0.3, 0.4) is 0 Å². The molecule has 0 aliphatic carbocycles. The van der Waals surface area contributed by atoms with Crippen LogP contribution in [0.2, 0.25) is 64.0 Å². The largest absolute Gasteiger partial charge is 0.635 e. The van der Waals surface area contributed by atoms with Crippen LogP contribution in [-0.2, 0) is 29.4 Å². The van der Waals surface area contributed by atoms with Gasteiger partial charge in [0.2, 0.25) is 0 Å². The summed E-state index contributed by atoms with van der Waals surface area (Å²) < 4.78 is 44.3. The van der Waals surface area contributed by atoms with Crippen molar-refractivity contribution in [2.45, 2.75) is 133 Å². The highest BCUT2D eigenvalue weighted by molar-refractivity contribution is 6.84. The smallest absolute Gasteiger partial charge is 0.416 e. The SMILES string of the molecule is C#C.CC.CC.CC.CCC[Si](C)(C)O[Si](CC[Si](C)(C)O[Si](O[SiH2]C)(O[SiH2]C)O[SiH2]C)(OCC)OCC. The van der Waals surface area contributed by atoms with Gasteiger partial charge in [0.15, 0.2) is 45.9 Å². The molecule has 0 saturated carbocycles. The second kappa shape index (κ2) is 30.7. The summed E-state index contributed by atoms with van der Waals surface area (Å²) in [6.45, 7) is 34.8. The monoisotopic (exact) mass is 664 g/mol. The average molecular weight is 665 g/mol. The fourth-order valence-electron chi connectivity index (χ4n) is 3.40. The van der Waals surface area contributed by atoms with Crippen LogP contribution in [0.25, 0.3) is 0 Å². The lowest BCUT2D eigenvalue weighted by molar-refractivity contribution is 0.114. The van der Waals surface area contributed by atoms with Gasteiger partial charge in [-0.3, -0.25) is 0 Å². The van der Waals surface area contributed by atoms with Gasteiger partial charge in [0.25, 0.3) is 0 Å². The maximum absolute atomic E-state index is 6.75. The van der Waals surface area contributed by atoms with Crippen LogP contribution < -0.4 is 0 Å². The summed E-state index contributed by atoms with van der Waals surface area (Å²) in [6, 6.07) is 2.76. The van der Waals surface area contributed by atoms with E-state index in [0.717, 1.165) is 24.6 Å². The molecule has 7 nitrogen and oxygen atoms in total. The Hall–Kier alpha value is 0.798. The highest BCUT2D eigenvalue weighted by Crippen LogP contribution is 2.31. The van der Waals surface area contributed by atoms with Crippen LogP contribution in [-0.4, -0.2) is 77.0 Å². The fraction of sp³-hybridized carbons (Fsp3) is 0.917. The van der Waals surface area contributed by atoms with Gasteiger partial charge in [0, 0.05) is 19.3 Å². The zero-order valence-electron chi connectivity index (χ0n) is 28.4. The molecule has 38 heavy (non-hydrogen) atoms. The average Bonchev–Trinajstić information content (AvgIpc) is 2.88. The van der Waals surface area contributed by atoms with Gasteiger partial charge in [-0.2, -0.15) is 0 Å². The summed E-state index contributed by atoms with van der Waals surface area (Å²) in [5, 5.41) is 0. The Morgan fingerprint density at radius 2 is 0.895 bits per heavy atom. The molecule has 0 heterocycles. The van der Waals surface area contributed by atoms with Crippen molar-refractivity contribution in [3.05, 3.63) is 0 Å². The molecule has 0 aromatic rings. The first-order valence-corrected chi connectivity index (χ1v) is 30.7. The van der Waals surface area contributed by atoms with Crippen molar-refractivity contribution in [1.29, 1.82) is 0 Å². The van der Waals surface area contributed by atoms with E-state index in [1.54, 1.807) is 0 Å². The molecule has 0 saturated heterocycles. The molecule has 0 amide bonds. The van der Waals surface area contributed by atoms with Gasteiger partial charge in [0.05, 0.1) is 0 Å². The van der Waals surface area contributed by atoms with Crippen LogP contribution in [0.1, 0.15) is 68.7 Å². The van der Waals surface area contributed by atoms with Crippen molar-refractivity contribution in [3.8, 4) is 12.8 Å². The Morgan fingerprint density at radius 3 is 1.18 bits per heavy atom.